The Balaban J connectivity index is 1.63. The van der Waals surface area contributed by atoms with Crippen molar-refractivity contribution in [3.05, 3.63) is 0 Å². The standard InChI is InChI=1S/C12H23N2O2/c15-12(11-1-4-13-5-2-11)3-6-14-7-9-16-10-8-14/h11-13H,1-10H2. The van der Waals surface area contributed by atoms with Crippen molar-refractivity contribution in [2.45, 2.75) is 25.4 Å². The maximum Gasteiger partial charge on any atom is 0.0971 e. The third-order valence-corrected chi connectivity index (χ3v) is 3.74. The maximum atomic E-state index is 12.0. The van der Waals surface area contributed by atoms with E-state index in [0.717, 1.165) is 65.2 Å². The first-order valence-corrected chi connectivity index (χ1v) is 6.53. The highest BCUT2D eigenvalue weighted by Gasteiger charge is 2.23. The van der Waals surface area contributed by atoms with Gasteiger partial charge in [0.2, 0.25) is 0 Å². The average molecular weight is 227 g/mol. The van der Waals surface area contributed by atoms with Crippen molar-refractivity contribution in [2.75, 3.05) is 45.9 Å². The van der Waals surface area contributed by atoms with E-state index < -0.39 is 0 Å². The van der Waals surface area contributed by atoms with Gasteiger partial charge in [-0.1, -0.05) is 0 Å². The first-order chi connectivity index (χ1) is 7.86. The predicted octanol–water partition coefficient (Wildman–Crippen LogP) is 0.507. The molecule has 16 heavy (non-hydrogen) atoms. The molecule has 4 nitrogen and oxygen atoms in total. The van der Waals surface area contributed by atoms with Crippen LogP contribution in [0.25, 0.3) is 0 Å². The molecule has 2 aliphatic rings. The van der Waals surface area contributed by atoms with Gasteiger partial charge < -0.3 is 10.1 Å². The second-order valence-electron chi connectivity index (χ2n) is 4.87. The molecule has 2 fully saturated rings. The van der Waals surface area contributed by atoms with Crippen molar-refractivity contribution in [3.8, 4) is 0 Å². The van der Waals surface area contributed by atoms with Gasteiger partial charge in [-0.25, -0.2) is 5.11 Å². The Morgan fingerprint density at radius 3 is 2.62 bits per heavy atom. The van der Waals surface area contributed by atoms with Crippen LogP contribution in [0.4, 0.5) is 0 Å². The molecule has 4 heteroatoms. The molecule has 0 aliphatic carbocycles. The minimum absolute atomic E-state index is 0.357. The molecule has 2 rings (SSSR count). The molecule has 1 radical (unpaired) electrons. The van der Waals surface area contributed by atoms with Crippen molar-refractivity contribution in [3.63, 3.8) is 0 Å². The van der Waals surface area contributed by atoms with E-state index in [0.29, 0.717) is 5.92 Å². The number of morpholine rings is 1. The first kappa shape index (κ1) is 12.3. The lowest BCUT2D eigenvalue weighted by atomic mass is 9.90. The monoisotopic (exact) mass is 227 g/mol. The van der Waals surface area contributed by atoms with Crippen LogP contribution in [-0.2, 0) is 9.84 Å². The Kier molecular flexibility index (Phi) is 5.03. The van der Waals surface area contributed by atoms with Crippen LogP contribution in [0.1, 0.15) is 19.3 Å². The number of nitrogens with zero attached hydrogens (tertiary/aromatic N) is 1. The molecule has 0 spiro atoms. The number of hydrogen-bond donors (Lipinski definition) is 1. The molecule has 2 saturated heterocycles. The topological polar surface area (TPSA) is 44.4 Å². The van der Waals surface area contributed by atoms with Crippen LogP contribution in [0.5, 0.6) is 0 Å². The van der Waals surface area contributed by atoms with Gasteiger partial charge in [0.15, 0.2) is 0 Å². The van der Waals surface area contributed by atoms with Gasteiger partial charge >= 0.3 is 0 Å². The van der Waals surface area contributed by atoms with Gasteiger partial charge in [-0.3, -0.25) is 4.90 Å². The molecule has 93 valence electrons. The number of hydrogen-bond acceptors (Lipinski definition) is 3. The van der Waals surface area contributed by atoms with Crippen LogP contribution in [0.2, 0.25) is 0 Å². The van der Waals surface area contributed by atoms with Crippen LogP contribution in [0, 0.1) is 5.92 Å². The van der Waals surface area contributed by atoms with E-state index in [9.17, 15) is 5.11 Å². The van der Waals surface area contributed by atoms with Gasteiger partial charge in [0.05, 0.1) is 19.3 Å². The molecule has 0 aromatic rings. The minimum Gasteiger partial charge on any atom is -0.379 e. The van der Waals surface area contributed by atoms with E-state index in [1.165, 1.54) is 0 Å². The van der Waals surface area contributed by atoms with Gasteiger partial charge in [0.1, 0.15) is 0 Å². The van der Waals surface area contributed by atoms with E-state index in [4.69, 9.17) is 4.74 Å². The zero-order valence-electron chi connectivity index (χ0n) is 9.99. The molecule has 1 atom stereocenters. The summed E-state index contributed by atoms with van der Waals surface area (Å²) in [5.41, 5.74) is 0. The summed E-state index contributed by atoms with van der Waals surface area (Å²) in [5.74, 6) is 0.405. The second kappa shape index (κ2) is 6.55. The van der Waals surface area contributed by atoms with E-state index in [2.05, 4.69) is 10.2 Å². The summed E-state index contributed by atoms with van der Waals surface area (Å²) in [7, 11) is 0. The summed E-state index contributed by atoms with van der Waals surface area (Å²) in [6.07, 6.45) is 2.59. The van der Waals surface area contributed by atoms with Crippen LogP contribution in [0.3, 0.4) is 0 Å². The van der Waals surface area contributed by atoms with Crippen LogP contribution >= 0.6 is 0 Å². The molecule has 0 saturated carbocycles. The van der Waals surface area contributed by atoms with Gasteiger partial charge in [0, 0.05) is 19.6 Å². The summed E-state index contributed by atoms with van der Waals surface area (Å²) in [4.78, 5) is 2.36. The Hall–Kier alpha value is -0.160. The predicted molar refractivity (Wildman–Crippen MR) is 61.9 cm³/mol. The fourth-order valence-electron chi connectivity index (χ4n) is 2.59. The second-order valence-corrected chi connectivity index (χ2v) is 4.87. The Morgan fingerprint density at radius 1 is 1.25 bits per heavy atom. The first-order valence-electron chi connectivity index (χ1n) is 6.53. The Morgan fingerprint density at radius 2 is 1.94 bits per heavy atom. The molecule has 1 N–H and O–H groups in total. The molecular formula is C12H23N2O2. The normalized spacial score (nSPS) is 26.8. The van der Waals surface area contributed by atoms with Crippen molar-refractivity contribution >= 4 is 0 Å². The van der Waals surface area contributed by atoms with Crippen LogP contribution in [-0.4, -0.2) is 56.9 Å². The SMILES string of the molecule is [O]C(CCN1CCOCC1)C1CCNCC1. The highest BCUT2D eigenvalue weighted by atomic mass is 16.5. The number of rotatable bonds is 4. The van der Waals surface area contributed by atoms with Crippen molar-refractivity contribution in [1.82, 2.24) is 10.2 Å². The summed E-state index contributed by atoms with van der Waals surface area (Å²) in [5, 5.41) is 15.3. The smallest absolute Gasteiger partial charge is 0.0971 e. The quantitative estimate of drug-likeness (QED) is 0.761. The molecule has 0 aromatic carbocycles. The summed E-state index contributed by atoms with van der Waals surface area (Å²) in [6.45, 7) is 6.68. The third-order valence-electron chi connectivity index (χ3n) is 3.74. The molecule has 2 aliphatic heterocycles. The molecule has 2 heterocycles. The minimum atomic E-state index is -0.357. The third kappa shape index (κ3) is 3.70. The van der Waals surface area contributed by atoms with E-state index in [1.54, 1.807) is 0 Å². The van der Waals surface area contributed by atoms with Gasteiger partial charge in [-0.15, -0.1) is 0 Å². The summed E-state index contributed by atoms with van der Waals surface area (Å²) >= 11 is 0. The lowest BCUT2D eigenvalue weighted by molar-refractivity contribution is -0.00517. The summed E-state index contributed by atoms with van der Waals surface area (Å²) in [6, 6.07) is 0. The largest absolute Gasteiger partial charge is 0.379 e. The Labute approximate surface area is 98.0 Å². The van der Waals surface area contributed by atoms with Gasteiger partial charge in [-0.05, 0) is 38.3 Å². The van der Waals surface area contributed by atoms with E-state index in [1.807, 2.05) is 0 Å². The van der Waals surface area contributed by atoms with Crippen molar-refractivity contribution in [2.24, 2.45) is 5.92 Å². The lowest BCUT2D eigenvalue weighted by Crippen LogP contribution is -2.39. The van der Waals surface area contributed by atoms with Crippen LogP contribution in [0.15, 0.2) is 0 Å². The maximum absolute atomic E-state index is 12.0. The van der Waals surface area contributed by atoms with E-state index in [-0.39, 0.29) is 6.10 Å². The highest BCUT2D eigenvalue weighted by Crippen LogP contribution is 2.19. The zero-order chi connectivity index (χ0) is 11.2. The number of piperidine rings is 1. The zero-order valence-corrected chi connectivity index (χ0v) is 9.99. The molecular weight excluding hydrogens is 204 g/mol. The molecule has 0 amide bonds. The fourth-order valence-corrected chi connectivity index (χ4v) is 2.59. The number of ether oxygens (including phenoxy) is 1. The molecule has 1 unspecified atom stereocenters. The molecule has 0 aromatic heterocycles. The van der Waals surface area contributed by atoms with Gasteiger partial charge in [0.25, 0.3) is 0 Å². The average Bonchev–Trinajstić information content (AvgIpc) is 2.38. The number of nitrogens with one attached hydrogen (secondary N) is 1. The Bertz CT molecular complexity index is 189. The van der Waals surface area contributed by atoms with Gasteiger partial charge in [-0.2, -0.15) is 0 Å². The lowest BCUT2D eigenvalue weighted by Gasteiger charge is -2.30. The van der Waals surface area contributed by atoms with Crippen molar-refractivity contribution < 1.29 is 9.84 Å². The molecule has 0 bridgehead atoms. The van der Waals surface area contributed by atoms with Crippen molar-refractivity contribution in [1.29, 1.82) is 0 Å². The summed E-state index contributed by atoms with van der Waals surface area (Å²) < 4.78 is 5.29. The fraction of sp³-hybridized carbons (Fsp3) is 1.00. The van der Waals surface area contributed by atoms with Crippen LogP contribution < -0.4 is 5.32 Å². The van der Waals surface area contributed by atoms with E-state index >= 15 is 0 Å². The highest BCUT2D eigenvalue weighted by molar-refractivity contribution is 4.76.